The molecule has 4 heteroatoms. The Hall–Kier alpha value is -2.72. The van der Waals surface area contributed by atoms with Crippen molar-refractivity contribution >= 4 is 43.5 Å². The zero-order valence-electron chi connectivity index (χ0n) is 13.3. The van der Waals surface area contributed by atoms with Crippen molar-refractivity contribution in [2.75, 3.05) is 0 Å². The molecule has 4 aromatic heterocycles. The molecule has 0 spiro atoms. The van der Waals surface area contributed by atoms with Crippen molar-refractivity contribution < 1.29 is 4.42 Å². The summed E-state index contributed by atoms with van der Waals surface area (Å²) in [6.45, 7) is 4.10. The summed E-state index contributed by atoms with van der Waals surface area (Å²) in [7, 11) is 0. The van der Waals surface area contributed by atoms with Crippen molar-refractivity contribution in [1.29, 1.82) is 0 Å². The number of fused-ring (bicyclic) bond motifs is 4. The zero-order valence-corrected chi connectivity index (χ0v) is 14.1. The highest BCUT2D eigenvalue weighted by Crippen LogP contribution is 2.36. The summed E-state index contributed by atoms with van der Waals surface area (Å²) < 4.78 is 7.30. The largest absolute Gasteiger partial charge is 0.437 e. The second-order valence-corrected chi connectivity index (χ2v) is 7.34. The molecule has 0 aliphatic carbocycles. The minimum Gasteiger partial charge on any atom is -0.437 e. The molecule has 5 aromatic rings. The van der Waals surface area contributed by atoms with Crippen LogP contribution in [0.1, 0.15) is 10.6 Å². The summed E-state index contributed by atoms with van der Waals surface area (Å²) in [5.74, 6) is 0. The Morgan fingerprint density at radius 1 is 1.00 bits per heavy atom. The van der Waals surface area contributed by atoms with Crippen LogP contribution in [0.3, 0.4) is 0 Å². The van der Waals surface area contributed by atoms with E-state index in [1.54, 1.807) is 11.3 Å². The van der Waals surface area contributed by atoms with E-state index in [9.17, 15) is 0 Å². The number of rotatable bonds is 1. The van der Waals surface area contributed by atoms with Gasteiger partial charge in [0, 0.05) is 33.1 Å². The van der Waals surface area contributed by atoms with E-state index >= 15 is 0 Å². The third-order valence-corrected chi connectivity index (χ3v) is 5.31. The number of para-hydroxylation sites is 1. The average Bonchev–Trinajstić information content (AvgIpc) is 3.12. The van der Waals surface area contributed by atoms with Gasteiger partial charge in [-0.15, -0.1) is 11.3 Å². The number of aryl methyl sites for hydroxylation is 2. The standard InChI is InChI=1S/C20H14N2OS/c1-11-6-7-15-14-4-3-5-16(19(14)23-20(15)22-11)17-9-13-8-12(2)24-18(13)10-21-17/h3-10H,1-2H3. The van der Waals surface area contributed by atoms with Crippen molar-refractivity contribution in [3.8, 4) is 11.3 Å². The maximum Gasteiger partial charge on any atom is 0.227 e. The van der Waals surface area contributed by atoms with Gasteiger partial charge in [0.05, 0.1) is 10.4 Å². The number of pyridine rings is 2. The summed E-state index contributed by atoms with van der Waals surface area (Å²) in [6, 6.07) is 14.6. The fraction of sp³-hybridized carbons (Fsp3) is 0.100. The molecule has 0 amide bonds. The monoisotopic (exact) mass is 330 g/mol. The summed E-state index contributed by atoms with van der Waals surface area (Å²) in [5.41, 5.74) is 4.43. The summed E-state index contributed by atoms with van der Waals surface area (Å²) in [4.78, 5) is 10.5. The normalized spacial score (nSPS) is 11.8. The number of benzene rings is 1. The molecule has 0 saturated heterocycles. The Morgan fingerprint density at radius 3 is 2.83 bits per heavy atom. The molecule has 4 heterocycles. The van der Waals surface area contributed by atoms with Gasteiger partial charge in [0.1, 0.15) is 5.58 Å². The molecule has 0 atom stereocenters. The van der Waals surface area contributed by atoms with Crippen LogP contribution in [0.4, 0.5) is 0 Å². The Labute approximate surface area is 142 Å². The lowest BCUT2D eigenvalue weighted by Crippen LogP contribution is -1.83. The van der Waals surface area contributed by atoms with Crippen LogP contribution in [0.5, 0.6) is 0 Å². The van der Waals surface area contributed by atoms with Crippen LogP contribution >= 0.6 is 11.3 Å². The minimum atomic E-state index is 0.685. The van der Waals surface area contributed by atoms with E-state index in [0.29, 0.717) is 5.71 Å². The first kappa shape index (κ1) is 13.7. The zero-order chi connectivity index (χ0) is 16.3. The Balaban J connectivity index is 1.82. The van der Waals surface area contributed by atoms with Gasteiger partial charge in [-0.05, 0) is 49.6 Å². The lowest BCUT2D eigenvalue weighted by atomic mass is 10.1. The van der Waals surface area contributed by atoms with Crippen molar-refractivity contribution in [3.05, 3.63) is 59.2 Å². The molecule has 0 saturated carbocycles. The van der Waals surface area contributed by atoms with Crippen LogP contribution in [0.15, 0.2) is 53.1 Å². The minimum absolute atomic E-state index is 0.685. The van der Waals surface area contributed by atoms with Crippen LogP contribution in [0.2, 0.25) is 0 Å². The number of furan rings is 1. The van der Waals surface area contributed by atoms with Gasteiger partial charge >= 0.3 is 0 Å². The molecule has 0 radical (unpaired) electrons. The summed E-state index contributed by atoms with van der Waals surface area (Å²) >= 11 is 1.77. The molecule has 0 bridgehead atoms. The first-order valence-corrected chi connectivity index (χ1v) is 8.66. The molecule has 24 heavy (non-hydrogen) atoms. The molecule has 0 aliphatic heterocycles. The van der Waals surface area contributed by atoms with Crippen LogP contribution in [-0.4, -0.2) is 9.97 Å². The van der Waals surface area contributed by atoms with Crippen molar-refractivity contribution in [1.82, 2.24) is 9.97 Å². The van der Waals surface area contributed by atoms with Gasteiger partial charge in [-0.3, -0.25) is 4.98 Å². The fourth-order valence-corrected chi connectivity index (χ4v) is 4.07. The van der Waals surface area contributed by atoms with Gasteiger partial charge in [0.15, 0.2) is 0 Å². The van der Waals surface area contributed by atoms with Crippen LogP contribution < -0.4 is 0 Å². The second-order valence-electron chi connectivity index (χ2n) is 6.05. The van der Waals surface area contributed by atoms with Crippen LogP contribution in [0.25, 0.3) is 43.4 Å². The number of aromatic nitrogens is 2. The van der Waals surface area contributed by atoms with E-state index in [1.165, 1.54) is 15.0 Å². The van der Waals surface area contributed by atoms with E-state index in [-0.39, 0.29) is 0 Å². The van der Waals surface area contributed by atoms with E-state index in [1.807, 2.05) is 19.2 Å². The molecule has 3 nitrogen and oxygen atoms in total. The van der Waals surface area contributed by atoms with E-state index in [0.717, 1.165) is 33.3 Å². The average molecular weight is 330 g/mol. The molecule has 0 aliphatic rings. The van der Waals surface area contributed by atoms with Crippen LogP contribution in [0, 0.1) is 13.8 Å². The first-order chi connectivity index (χ1) is 11.7. The molecule has 5 rings (SSSR count). The van der Waals surface area contributed by atoms with E-state index < -0.39 is 0 Å². The predicted octanol–water partition coefficient (Wildman–Crippen LogP) is 5.87. The lowest BCUT2D eigenvalue weighted by molar-refractivity contribution is 0.653. The van der Waals surface area contributed by atoms with Crippen molar-refractivity contribution in [2.45, 2.75) is 13.8 Å². The van der Waals surface area contributed by atoms with Gasteiger partial charge < -0.3 is 4.42 Å². The van der Waals surface area contributed by atoms with Gasteiger partial charge in [-0.2, -0.15) is 0 Å². The Morgan fingerprint density at radius 2 is 1.92 bits per heavy atom. The summed E-state index contributed by atoms with van der Waals surface area (Å²) in [5, 5.41) is 3.35. The molecule has 1 aromatic carbocycles. The van der Waals surface area contributed by atoms with E-state index in [4.69, 9.17) is 4.42 Å². The third kappa shape index (κ3) is 1.96. The molecule has 0 fully saturated rings. The maximum absolute atomic E-state index is 6.09. The summed E-state index contributed by atoms with van der Waals surface area (Å²) in [6.07, 6.45) is 1.95. The highest BCUT2D eigenvalue weighted by atomic mass is 32.1. The lowest BCUT2D eigenvalue weighted by Gasteiger charge is -2.02. The number of nitrogens with zero attached hydrogens (tertiary/aromatic N) is 2. The quantitative estimate of drug-likeness (QED) is 0.385. The number of thiophene rings is 1. The SMILES string of the molecule is Cc1ccc2c(n1)oc1c(-c3cc4cc(C)sc4cn3)cccc12. The first-order valence-electron chi connectivity index (χ1n) is 7.84. The van der Waals surface area contributed by atoms with Gasteiger partial charge in [0.25, 0.3) is 0 Å². The third-order valence-electron chi connectivity index (χ3n) is 4.31. The van der Waals surface area contributed by atoms with Gasteiger partial charge in [-0.1, -0.05) is 12.1 Å². The number of hydrogen-bond acceptors (Lipinski definition) is 4. The predicted molar refractivity (Wildman–Crippen MR) is 99.6 cm³/mol. The van der Waals surface area contributed by atoms with Gasteiger partial charge in [0.2, 0.25) is 5.71 Å². The van der Waals surface area contributed by atoms with Crippen LogP contribution in [-0.2, 0) is 0 Å². The molecule has 0 unspecified atom stereocenters. The molecular weight excluding hydrogens is 316 g/mol. The Bertz CT molecular complexity index is 1230. The fourth-order valence-electron chi connectivity index (χ4n) is 3.20. The van der Waals surface area contributed by atoms with Crippen molar-refractivity contribution in [2.24, 2.45) is 0 Å². The highest BCUT2D eigenvalue weighted by Gasteiger charge is 2.14. The Kier molecular flexibility index (Phi) is 2.79. The molecular formula is C20H14N2OS. The topological polar surface area (TPSA) is 38.9 Å². The molecule has 0 N–H and O–H groups in total. The van der Waals surface area contributed by atoms with E-state index in [2.05, 4.69) is 53.3 Å². The molecule has 116 valence electrons. The second kappa shape index (κ2) is 4.89. The van der Waals surface area contributed by atoms with Crippen molar-refractivity contribution in [3.63, 3.8) is 0 Å². The smallest absolute Gasteiger partial charge is 0.227 e. The van der Waals surface area contributed by atoms with Gasteiger partial charge in [-0.25, -0.2) is 4.98 Å². The number of hydrogen-bond donors (Lipinski definition) is 0. The highest BCUT2D eigenvalue weighted by molar-refractivity contribution is 7.18. The maximum atomic E-state index is 6.09.